The zero-order valence-corrected chi connectivity index (χ0v) is 15.8. The van der Waals surface area contributed by atoms with E-state index < -0.39 is 0 Å². The Morgan fingerprint density at radius 1 is 1.04 bits per heavy atom. The number of carbonyl (C=O) groups excluding carboxylic acids is 2. The molecule has 1 aromatic carbocycles. The van der Waals surface area contributed by atoms with E-state index in [4.69, 9.17) is 4.74 Å². The maximum atomic E-state index is 12.6. The third-order valence-corrected chi connectivity index (χ3v) is 4.48. The van der Waals surface area contributed by atoms with Crippen molar-refractivity contribution in [3.8, 4) is 5.75 Å². The van der Waals surface area contributed by atoms with Gasteiger partial charge in [-0.05, 0) is 43.7 Å². The van der Waals surface area contributed by atoms with Crippen molar-refractivity contribution in [2.45, 2.75) is 26.4 Å². The number of ether oxygens (including phenoxy) is 1. The lowest BCUT2D eigenvalue weighted by Gasteiger charge is -2.34. The van der Waals surface area contributed by atoms with Gasteiger partial charge in [0, 0.05) is 38.6 Å². The van der Waals surface area contributed by atoms with Crippen LogP contribution < -0.4 is 4.74 Å². The summed E-state index contributed by atoms with van der Waals surface area (Å²) in [6.07, 6.45) is 3.71. The predicted molar refractivity (Wildman–Crippen MR) is 103 cm³/mol. The van der Waals surface area contributed by atoms with E-state index in [1.165, 1.54) is 0 Å². The summed E-state index contributed by atoms with van der Waals surface area (Å²) in [5.41, 5.74) is 1.55. The highest BCUT2D eigenvalue weighted by Gasteiger charge is 2.24. The summed E-state index contributed by atoms with van der Waals surface area (Å²) in [6.45, 7) is 6.16. The SMILES string of the molecule is CC(C)Oc1ccc(CC(=O)N2CCN(C(=O)c3cccnc3)CC2)cc1. The smallest absolute Gasteiger partial charge is 0.255 e. The van der Waals surface area contributed by atoms with Gasteiger partial charge in [-0.15, -0.1) is 0 Å². The average molecular weight is 367 g/mol. The van der Waals surface area contributed by atoms with E-state index in [9.17, 15) is 9.59 Å². The first kappa shape index (κ1) is 18.9. The lowest BCUT2D eigenvalue weighted by atomic mass is 10.1. The van der Waals surface area contributed by atoms with Crippen LogP contribution in [0.4, 0.5) is 0 Å². The second-order valence-corrected chi connectivity index (χ2v) is 6.90. The van der Waals surface area contributed by atoms with Gasteiger partial charge in [0.2, 0.25) is 5.91 Å². The molecule has 2 amide bonds. The quantitative estimate of drug-likeness (QED) is 0.814. The average Bonchev–Trinajstić information content (AvgIpc) is 2.69. The summed E-state index contributed by atoms with van der Waals surface area (Å²) in [5.74, 6) is 0.862. The molecular weight excluding hydrogens is 342 g/mol. The normalized spacial score (nSPS) is 14.3. The molecule has 142 valence electrons. The van der Waals surface area contributed by atoms with Gasteiger partial charge in [0.25, 0.3) is 5.91 Å². The van der Waals surface area contributed by atoms with Crippen molar-refractivity contribution in [3.05, 3.63) is 59.9 Å². The first-order valence-corrected chi connectivity index (χ1v) is 9.25. The molecule has 3 rings (SSSR count). The van der Waals surface area contributed by atoms with Crippen LogP contribution in [-0.4, -0.2) is 58.9 Å². The minimum atomic E-state index is -0.0315. The second kappa shape index (κ2) is 8.66. The minimum Gasteiger partial charge on any atom is -0.491 e. The fraction of sp³-hybridized carbons (Fsp3) is 0.381. The Morgan fingerprint density at radius 3 is 2.30 bits per heavy atom. The molecule has 27 heavy (non-hydrogen) atoms. The molecule has 6 heteroatoms. The van der Waals surface area contributed by atoms with Crippen molar-refractivity contribution in [1.29, 1.82) is 0 Å². The number of piperazine rings is 1. The number of nitrogens with zero attached hydrogens (tertiary/aromatic N) is 3. The van der Waals surface area contributed by atoms with E-state index in [2.05, 4.69) is 4.98 Å². The monoisotopic (exact) mass is 367 g/mol. The highest BCUT2D eigenvalue weighted by molar-refractivity contribution is 5.94. The number of aromatic nitrogens is 1. The van der Waals surface area contributed by atoms with E-state index in [1.807, 2.05) is 43.0 Å². The molecule has 2 aromatic rings. The van der Waals surface area contributed by atoms with Crippen LogP contribution in [0.15, 0.2) is 48.8 Å². The maximum absolute atomic E-state index is 12.6. The molecule has 0 N–H and O–H groups in total. The highest BCUT2D eigenvalue weighted by Crippen LogP contribution is 2.15. The number of pyridine rings is 1. The van der Waals surface area contributed by atoms with Gasteiger partial charge in [-0.1, -0.05) is 12.1 Å². The van der Waals surface area contributed by atoms with Crippen LogP contribution in [0.3, 0.4) is 0 Å². The summed E-state index contributed by atoms with van der Waals surface area (Å²) < 4.78 is 5.62. The molecule has 1 aromatic heterocycles. The molecule has 1 aliphatic heterocycles. The van der Waals surface area contributed by atoms with Crippen LogP contribution in [0.1, 0.15) is 29.8 Å². The number of hydrogen-bond donors (Lipinski definition) is 0. The number of benzene rings is 1. The van der Waals surface area contributed by atoms with Crippen LogP contribution in [0.5, 0.6) is 5.75 Å². The van der Waals surface area contributed by atoms with Gasteiger partial charge in [0.15, 0.2) is 0 Å². The zero-order chi connectivity index (χ0) is 19.2. The number of rotatable bonds is 5. The van der Waals surface area contributed by atoms with Gasteiger partial charge in [-0.3, -0.25) is 14.6 Å². The summed E-state index contributed by atoms with van der Waals surface area (Å²) in [6, 6.07) is 11.2. The Labute approximate surface area is 159 Å². The summed E-state index contributed by atoms with van der Waals surface area (Å²) in [4.78, 5) is 32.6. The Bertz CT molecular complexity index is 767. The Balaban J connectivity index is 1.50. The third kappa shape index (κ3) is 5.06. The lowest BCUT2D eigenvalue weighted by molar-refractivity contribution is -0.131. The molecule has 0 unspecified atom stereocenters. The van der Waals surface area contributed by atoms with Crippen molar-refractivity contribution in [2.24, 2.45) is 0 Å². The molecule has 2 heterocycles. The van der Waals surface area contributed by atoms with E-state index >= 15 is 0 Å². The van der Waals surface area contributed by atoms with Crippen molar-refractivity contribution in [3.63, 3.8) is 0 Å². The van der Waals surface area contributed by atoms with Crippen LogP contribution in [0, 0.1) is 0 Å². The first-order valence-electron chi connectivity index (χ1n) is 9.25. The fourth-order valence-electron chi connectivity index (χ4n) is 3.08. The largest absolute Gasteiger partial charge is 0.491 e. The molecule has 1 aliphatic rings. The molecule has 1 saturated heterocycles. The zero-order valence-electron chi connectivity index (χ0n) is 15.8. The van der Waals surface area contributed by atoms with Crippen molar-refractivity contribution in [1.82, 2.24) is 14.8 Å². The van der Waals surface area contributed by atoms with Crippen LogP contribution >= 0.6 is 0 Å². The third-order valence-electron chi connectivity index (χ3n) is 4.48. The molecular formula is C21H25N3O3. The van der Waals surface area contributed by atoms with Gasteiger partial charge in [-0.2, -0.15) is 0 Å². The number of carbonyl (C=O) groups is 2. The first-order chi connectivity index (χ1) is 13.0. The van der Waals surface area contributed by atoms with Gasteiger partial charge in [-0.25, -0.2) is 0 Å². The van der Waals surface area contributed by atoms with Crippen molar-refractivity contribution < 1.29 is 14.3 Å². The predicted octanol–water partition coefficient (Wildman–Crippen LogP) is 2.40. The van der Waals surface area contributed by atoms with Crippen LogP contribution in [0.25, 0.3) is 0 Å². The molecule has 0 bridgehead atoms. The number of hydrogen-bond acceptors (Lipinski definition) is 4. The Morgan fingerprint density at radius 2 is 1.70 bits per heavy atom. The topological polar surface area (TPSA) is 62.7 Å². The Kier molecular flexibility index (Phi) is 6.06. The van der Waals surface area contributed by atoms with E-state index in [0.717, 1.165) is 11.3 Å². The van der Waals surface area contributed by atoms with Gasteiger partial charge in [0.1, 0.15) is 5.75 Å². The second-order valence-electron chi connectivity index (χ2n) is 6.90. The summed E-state index contributed by atoms with van der Waals surface area (Å²) >= 11 is 0. The Hall–Kier alpha value is -2.89. The lowest BCUT2D eigenvalue weighted by Crippen LogP contribution is -2.51. The van der Waals surface area contributed by atoms with Crippen molar-refractivity contribution >= 4 is 11.8 Å². The van der Waals surface area contributed by atoms with E-state index in [1.54, 1.807) is 29.4 Å². The van der Waals surface area contributed by atoms with E-state index in [0.29, 0.717) is 38.2 Å². The van der Waals surface area contributed by atoms with E-state index in [-0.39, 0.29) is 17.9 Å². The van der Waals surface area contributed by atoms with Gasteiger partial charge >= 0.3 is 0 Å². The molecule has 0 aliphatic carbocycles. The maximum Gasteiger partial charge on any atom is 0.255 e. The molecule has 1 fully saturated rings. The van der Waals surface area contributed by atoms with Crippen molar-refractivity contribution in [2.75, 3.05) is 26.2 Å². The van der Waals surface area contributed by atoms with Crippen LogP contribution in [0.2, 0.25) is 0 Å². The molecule has 0 saturated carbocycles. The molecule has 0 radical (unpaired) electrons. The van der Waals surface area contributed by atoms with Crippen LogP contribution in [-0.2, 0) is 11.2 Å². The highest BCUT2D eigenvalue weighted by atomic mass is 16.5. The molecule has 0 spiro atoms. The van der Waals surface area contributed by atoms with Gasteiger partial charge < -0.3 is 14.5 Å². The van der Waals surface area contributed by atoms with Gasteiger partial charge in [0.05, 0.1) is 18.1 Å². The molecule has 6 nitrogen and oxygen atoms in total. The standard InChI is InChI=1S/C21H25N3O3/c1-16(2)27-19-7-5-17(6-8-19)14-20(25)23-10-12-24(13-11-23)21(26)18-4-3-9-22-15-18/h3-9,15-16H,10-14H2,1-2H3. The summed E-state index contributed by atoms with van der Waals surface area (Å²) in [5, 5.41) is 0. The fourth-order valence-corrected chi connectivity index (χ4v) is 3.08. The summed E-state index contributed by atoms with van der Waals surface area (Å²) in [7, 11) is 0. The minimum absolute atomic E-state index is 0.0315. The molecule has 0 atom stereocenters. The number of amides is 2.